The molecule has 1 aliphatic heterocycles. The van der Waals surface area contributed by atoms with Gasteiger partial charge in [0, 0.05) is 6.92 Å². The molecule has 0 aliphatic carbocycles. The lowest BCUT2D eigenvalue weighted by Crippen LogP contribution is -2.39. The zero-order valence-corrected chi connectivity index (χ0v) is 10.7. The van der Waals surface area contributed by atoms with E-state index in [0.717, 1.165) is 5.06 Å². The molecule has 1 N–H and O–H groups in total. The van der Waals surface area contributed by atoms with Crippen LogP contribution in [-0.2, 0) is 9.63 Å². The van der Waals surface area contributed by atoms with Crippen molar-refractivity contribution < 1.29 is 19.2 Å². The van der Waals surface area contributed by atoms with Gasteiger partial charge in [0.05, 0.1) is 23.8 Å². The number of amides is 3. The van der Waals surface area contributed by atoms with Crippen molar-refractivity contribution in [3.8, 4) is 0 Å². The molecule has 0 aromatic heterocycles. The standard InChI is InChI=1S/C13H14N2O4/c1-8(14-9(2)16)7-19-15-12(17)10-5-3-4-6-11(10)13(15)18/h3-6,8H,7H2,1-2H3,(H,14,16). The van der Waals surface area contributed by atoms with Crippen molar-refractivity contribution in [3.63, 3.8) is 0 Å². The molecule has 1 aliphatic rings. The van der Waals surface area contributed by atoms with Crippen LogP contribution >= 0.6 is 0 Å². The monoisotopic (exact) mass is 262 g/mol. The fourth-order valence-electron chi connectivity index (χ4n) is 1.86. The van der Waals surface area contributed by atoms with Crippen molar-refractivity contribution in [2.75, 3.05) is 6.61 Å². The average Bonchev–Trinajstić information content (AvgIpc) is 2.60. The van der Waals surface area contributed by atoms with Crippen LogP contribution in [0.4, 0.5) is 0 Å². The van der Waals surface area contributed by atoms with Crippen LogP contribution in [0.5, 0.6) is 0 Å². The van der Waals surface area contributed by atoms with Crippen LogP contribution in [0, 0.1) is 0 Å². The van der Waals surface area contributed by atoms with E-state index in [1.165, 1.54) is 6.92 Å². The van der Waals surface area contributed by atoms with Gasteiger partial charge in [-0.05, 0) is 19.1 Å². The van der Waals surface area contributed by atoms with Gasteiger partial charge in [0.2, 0.25) is 5.91 Å². The van der Waals surface area contributed by atoms with Crippen LogP contribution in [0.1, 0.15) is 34.6 Å². The van der Waals surface area contributed by atoms with Gasteiger partial charge in [0.15, 0.2) is 0 Å². The van der Waals surface area contributed by atoms with Gasteiger partial charge in [-0.2, -0.15) is 0 Å². The molecule has 1 heterocycles. The van der Waals surface area contributed by atoms with Gasteiger partial charge < -0.3 is 5.32 Å². The summed E-state index contributed by atoms with van der Waals surface area (Å²) in [5.74, 6) is -1.15. The molecule has 0 fully saturated rings. The van der Waals surface area contributed by atoms with E-state index >= 15 is 0 Å². The third kappa shape index (κ3) is 2.63. The molecule has 6 nitrogen and oxygen atoms in total. The maximum atomic E-state index is 11.9. The molecule has 1 aromatic carbocycles. The lowest BCUT2D eigenvalue weighted by molar-refractivity contribution is -0.122. The summed E-state index contributed by atoms with van der Waals surface area (Å²) in [6, 6.07) is 6.24. The molecule has 19 heavy (non-hydrogen) atoms. The molecule has 0 spiro atoms. The Morgan fingerprint density at radius 1 is 1.26 bits per heavy atom. The van der Waals surface area contributed by atoms with Gasteiger partial charge in [0.25, 0.3) is 11.8 Å². The number of hydrogen-bond donors (Lipinski definition) is 1. The Hall–Kier alpha value is -2.21. The third-order valence-corrected chi connectivity index (χ3v) is 2.66. The molecular weight excluding hydrogens is 248 g/mol. The molecule has 0 saturated heterocycles. The number of carbonyl (C=O) groups is 3. The summed E-state index contributed by atoms with van der Waals surface area (Å²) in [7, 11) is 0. The maximum Gasteiger partial charge on any atom is 0.285 e. The summed E-state index contributed by atoms with van der Waals surface area (Å²) in [6.07, 6.45) is 0. The number of rotatable bonds is 4. The lowest BCUT2D eigenvalue weighted by Gasteiger charge is -2.17. The van der Waals surface area contributed by atoms with Crippen molar-refractivity contribution in [2.24, 2.45) is 0 Å². The van der Waals surface area contributed by atoms with Crippen molar-refractivity contribution in [1.82, 2.24) is 10.4 Å². The molecule has 2 rings (SSSR count). The van der Waals surface area contributed by atoms with Crippen LogP contribution < -0.4 is 5.32 Å². The molecule has 6 heteroatoms. The predicted molar refractivity (Wildman–Crippen MR) is 66.2 cm³/mol. The topological polar surface area (TPSA) is 75.7 Å². The highest BCUT2D eigenvalue weighted by atomic mass is 16.7. The molecule has 0 saturated carbocycles. The first kappa shape index (κ1) is 13.2. The second kappa shape index (κ2) is 5.19. The van der Waals surface area contributed by atoms with Crippen LogP contribution in [0.15, 0.2) is 24.3 Å². The summed E-state index contributed by atoms with van der Waals surface area (Å²) in [4.78, 5) is 39.9. The van der Waals surface area contributed by atoms with Gasteiger partial charge in [-0.25, -0.2) is 0 Å². The Morgan fingerprint density at radius 2 is 1.79 bits per heavy atom. The Balaban J connectivity index is 2.02. The minimum atomic E-state index is -0.476. The fraction of sp³-hybridized carbons (Fsp3) is 0.308. The SMILES string of the molecule is CC(=O)NC(C)CON1C(=O)c2ccccc2C1=O. The van der Waals surface area contributed by atoms with Gasteiger partial charge >= 0.3 is 0 Å². The van der Waals surface area contributed by atoms with Gasteiger partial charge in [0.1, 0.15) is 0 Å². The normalized spacial score (nSPS) is 15.4. The van der Waals surface area contributed by atoms with E-state index in [1.807, 2.05) is 0 Å². The van der Waals surface area contributed by atoms with E-state index in [0.29, 0.717) is 11.1 Å². The Kier molecular flexibility index (Phi) is 3.62. The maximum absolute atomic E-state index is 11.9. The number of benzene rings is 1. The first-order valence-electron chi connectivity index (χ1n) is 5.88. The van der Waals surface area contributed by atoms with Crippen LogP contribution in [0.2, 0.25) is 0 Å². The molecule has 1 aromatic rings. The predicted octanol–water partition coefficient (Wildman–Crippen LogP) is 0.739. The van der Waals surface area contributed by atoms with Gasteiger partial charge in [-0.15, -0.1) is 5.06 Å². The Bertz CT molecular complexity index is 506. The molecular formula is C13H14N2O4. The summed E-state index contributed by atoms with van der Waals surface area (Å²) >= 11 is 0. The highest BCUT2D eigenvalue weighted by Gasteiger charge is 2.36. The molecule has 1 unspecified atom stereocenters. The number of carbonyl (C=O) groups excluding carboxylic acids is 3. The third-order valence-electron chi connectivity index (χ3n) is 2.66. The smallest absolute Gasteiger partial charge is 0.285 e. The second-order valence-corrected chi connectivity index (χ2v) is 4.35. The van der Waals surface area contributed by atoms with E-state index in [1.54, 1.807) is 31.2 Å². The first-order valence-corrected chi connectivity index (χ1v) is 5.88. The molecule has 0 bridgehead atoms. The second-order valence-electron chi connectivity index (χ2n) is 4.35. The average molecular weight is 262 g/mol. The van der Waals surface area contributed by atoms with E-state index < -0.39 is 11.8 Å². The van der Waals surface area contributed by atoms with E-state index in [-0.39, 0.29) is 18.6 Å². The number of imide groups is 1. The summed E-state index contributed by atoms with van der Waals surface area (Å²) in [5, 5.41) is 3.34. The van der Waals surface area contributed by atoms with E-state index in [9.17, 15) is 14.4 Å². The van der Waals surface area contributed by atoms with E-state index in [2.05, 4.69) is 5.32 Å². The summed E-state index contributed by atoms with van der Waals surface area (Å²) in [5.41, 5.74) is 0.666. The lowest BCUT2D eigenvalue weighted by atomic mass is 10.1. The largest absolute Gasteiger partial charge is 0.351 e. The van der Waals surface area contributed by atoms with Crippen LogP contribution in [0.25, 0.3) is 0 Å². The number of nitrogens with one attached hydrogen (secondary N) is 1. The van der Waals surface area contributed by atoms with Gasteiger partial charge in [-0.1, -0.05) is 12.1 Å². The number of nitrogens with zero attached hydrogens (tertiary/aromatic N) is 1. The minimum Gasteiger partial charge on any atom is -0.351 e. The van der Waals surface area contributed by atoms with Crippen molar-refractivity contribution >= 4 is 17.7 Å². The fourth-order valence-corrected chi connectivity index (χ4v) is 1.86. The van der Waals surface area contributed by atoms with Crippen molar-refractivity contribution in [2.45, 2.75) is 19.9 Å². The quantitative estimate of drug-likeness (QED) is 0.812. The number of hydroxylamine groups is 2. The first-order chi connectivity index (χ1) is 9.00. The summed E-state index contributed by atoms with van der Waals surface area (Å²) < 4.78 is 0. The molecule has 3 amide bonds. The van der Waals surface area contributed by atoms with Gasteiger partial charge in [-0.3, -0.25) is 19.2 Å². The highest BCUT2D eigenvalue weighted by molar-refractivity contribution is 6.20. The zero-order chi connectivity index (χ0) is 14.0. The summed E-state index contributed by atoms with van der Waals surface area (Å²) in [6.45, 7) is 3.16. The number of fused-ring (bicyclic) bond motifs is 1. The van der Waals surface area contributed by atoms with Crippen molar-refractivity contribution in [1.29, 1.82) is 0 Å². The van der Waals surface area contributed by atoms with E-state index in [4.69, 9.17) is 4.84 Å². The molecule has 100 valence electrons. The molecule has 1 atom stereocenters. The Morgan fingerprint density at radius 3 is 2.26 bits per heavy atom. The van der Waals surface area contributed by atoms with Crippen molar-refractivity contribution in [3.05, 3.63) is 35.4 Å². The highest BCUT2D eigenvalue weighted by Crippen LogP contribution is 2.22. The van der Waals surface area contributed by atoms with Crippen LogP contribution in [0.3, 0.4) is 0 Å². The van der Waals surface area contributed by atoms with Crippen LogP contribution in [-0.4, -0.2) is 35.4 Å². The number of hydrogen-bond acceptors (Lipinski definition) is 4. The Labute approximate surface area is 110 Å². The minimum absolute atomic E-state index is 0.0467. The molecule has 0 radical (unpaired) electrons. The zero-order valence-electron chi connectivity index (χ0n) is 10.7.